The Labute approximate surface area is 170 Å². The van der Waals surface area contributed by atoms with Gasteiger partial charge in [-0.05, 0) is 12.3 Å². The number of carbonyl (C=O) groups is 4. The Morgan fingerprint density at radius 1 is 1.27 bits per heavy atom. The van der Waals surface area contributed by atoms with Crippen LogP contribution in [0.2, 0.25) is 0 Å². The van der Waals surface area contributed by atoms with E-state index in [9.17, 15) is 36.4 Å². The van der Waals surface area contributed by atoms with E-state index >= 15 is 0 Å². The van der Waals surface area contributed by atoms with E-state index in [1.165, 1.54) is 0 Å². The molecule has 168 valence electrons. The first-order valence-electron chi connectivity index (χ1n) is 9.24. The van der Waals surface area contributed by atoms with E-state index in [1.807, 2.05) is 0 Å². The molecule has 0 spiro atoms. The van der Waals surface area contributed by atoms with E-state index in [0.717, 1.165) is 11.8 Å². The smallest absolute Gasteiger partial charge is 0.402 e. The lowest BCUT2D eigenvalue weighted by Gasteiger charge is -2.33. The number of amides is 2. The molecular formula is C17H21F2NO9S. The van der Waals surface area contributed by atoms with Gasteiger partial charge >= 0.3 is 27.3 Å². The quantitative estimate of drug-likeness (QED) is 0.441. The fraction of sp³-hybridized carbons (Fsp3) is 0.765. The molecule has 6 atom stereocenters. The van der Waals surface area contributed by atoms with Crippen LogP contribution >= 0.6 is 0 Å². The zero-order valence-corrected chi connectivity index (χ0v) is 17.1. The summed E-state index contributed by atoms with van der Waals surface area (Å²) in [5.74, 6) is -7.29. The number of fused-ring (bicyclic) bond motifs is 1. The minimum Gasteiger partial charge on any atom is -0.460 e. The highest BCUT2D eigenvalue weighted by molar-refractivity contribution is 7.86. The first-order chi connectivity index (χ1) is 13.7. The SMILES string of the molecule is CC(=O)N1C(=O)C2C3CC(C(OC(=O)C(C)C)C31)C2C(=O)OCC(F)(F)S(=O)(=O)O. The van der Waals surface area contributed by atoms with E-state index in [1.54, 1.807) is 13.8 Å². The molecule has 3 rings (SSSR count). The topological polar surface area (TPSA) is 144 Å². The van der Waals surface area contributed by atoms with Gasteiger partial charge in [-0.15, -0.1) is 0 Å². The highest BCUT2D eigenvalue weighted by Crippen LogP contribution is 2.60. The van der Waals surface area contributed by atoms with Crippen LogP contribution in [0.25, 0.3) is 0 Å². The number of likely N-dealkylation sites (tertiary alicyclic amines) is 1. The van der Waals surface area contributed by atoms with Gasteiger partial charge in [0.2, 0.25) is 11.8 Å². The largest absolute Gasteiger partial charge is 0.460 e. The summed E-state index contributed by atoms with van der Waals surface area (Å²) in [4.78, 5) is 50.4. The number of halogens is 2. The van der Waals surface area contributed by atoms with Gasteiger partial charge in [0.15, 0.2) is 6.61 Å². The van der Waals surface area contributed by atoms with Gasteiger partial charge in [0.05, 0.1) is 23.8 Å². The fourth-order valence-electron chi connectivity index (χ4n) is 4.75. The minimum absolute atomic E-state index is 0.232. The van der Waals surface area contributed by atoms with Gasteiger partial charge in [-0.3, -0.25) is 28.6 Å². The molecular weight excluding hydrogens is 432 g/mol. The number of hydrogen-bond acceptors (Lipinski definition) is 8. The number of imide groups is 1. The third-order valence-corrected chi connectivity index (χ3v) is 6.84. The highest BCUT2D eigenvalue weighted by atomic mass is 32.2. The Morgan fingerprint density at radius 3 is 2.37 bits per heavy atom. The molecule has 0 aromatic rings. The van der Waals surface area contributed by atoms with Gasteiger partial charge in [-0.25, -0.2) is 0 Å². The van der Waals surface area contributed by atoms with Crippen LogP contribution in [0.3, 0.4) is 0 Å². The van der Waals surface area contributed by atoms with Crippen molar-refractivity contribution in [2.45, 2.75) is 44.6 Å². The summed E-state index contributed by atoms with van der Waals surface area (Å²) in [7, 11) is -5.81. The summed E-state index contributed by atoms with van der Waals surface area (Å²) in [5, 5.41) is -4.72. The van der Waals surface area contributed by atoms with Gasteiger partial charge < -0.3 is 9.47 Å². The standard InChI is InChI=1S/C17H21F2NO9S/c1-6(2)15(23)29-13-9-4-8-10(14(22)20(7(3)21)12(8)13)11(9)16(24)28-5-17(18,19)30(25,26)27/h6,8-13H,4-5H2,1-3H3,(H,25,26,27). The molecule has 10 nitrogen and oxygen atoms in total. The van der Waals surface area contributed by atoms with Gasteiger partial charge in [0, 0.05) is 12.8 Å². The average molecular weight is 453 g/mol. The average Bonchev–Trinajstić information content (AvgIpc) is 3.20. The van der Waals surface area contributed by atoms with Crippen molar-refractivity contribution in [1.29, 1.82) is 0 Å². The zero-order valence-electron chi connectivity index (χ0n) is 16.3. The lowest BCUT2D eigenvalue weighted by atomic mass is 9.78. The molecule has 1 heterocycles. The maximum absolute atomic E-state index is 13.4. The fourth-order valence-corrected chi connectivity index (χ4v) is 4.96. The molecule has 1 saturated heterocycles. The van der Waals surface area contributed by atoms with Crippen LogP contribution in [0, 0.1) is 29.6 Å². The van der Waals surface area contributed by atoms with Crippen molar-refractivity contribution in [1.82, 2.24) is 4.90 Å². The Bertz CT molecular complexity index is 903. The molecule has 3 aliphatic rings. The summed E-state index contributed by atoms with van der Waals surface area (Å²) >= 11 is 0. The summed E-state index contributed by atoms with van der Waals surface area (Å²) in [6, 6.07) is -0.754. The Morgan fingerprint density at radius 2 is 1.87 bits per heavy atom. The molecule has 13 heteroatoms. The van der Waals surface area contributed by atoms with Crippen molar-refractivity contribution in [3.63, 3.8) is 0 Å². The van der Waals surface area contributed by atoms with Crippen molar-refractivity contribution < 1.29 is 50.4 Å². The van der Waals surface area contributed by atoms with Crippen LogP contribution in [0.1, 0.15) is 27.2 Å². The molecule has 2 amide bonds. The van der Waals surface area contributed by atoms with E-state index in [2.05, 4.69) is 4.74 Å². The maximum atomic E-state index is 13.4. The predicted octanol–water partition coefficient (Wildman–Crippen LogP) is 0.217. The summed E-state index contributed by atoms with van der Waals surface area (Å²) in [6.07, 6.45) is -0.772. The molecule has 2 aliphatic carbocycles. The monoisotopic (exact) mass is 453 g/mol. The number of nitrogens with zero attached hydrogens (tertiary/aromatic N) is 1. The van der Waals surface area contributed by atoms with Gasteiger partial charge in [0.1, 0.15) is 6.10 Å². The second-order valence-corrected chi connectivity index (χ2v) is 9.66. The summed E-state index contributed by atoms with van der Waals surface area (Å²) in [5.41, 5.74) is 0. The molecule has 3 fully saturated rings. The predicted molar refractivity (Wildman–Crippen MR) is 92.1 cm³/mol. The van der Waals surface area contributed by atoms with Crippen molar-refractivity contribution in [2.24, 2.45) is 29.6 Å². The highest BCUT2D eigenvalue weighted by Gasteiger charge is 2.71. The number of rotatable bonds is 6. The van der Waals surface area contributed by atoms with Crippen molar-refractivity contribution in [3.05, 3.63) is 0 Å². The van der Waals surface area contributed by atoms with E-state index in [4.69, 9.17) is 9.29 Å². The molecule has 1 aliphatic heterocycles. The molecule has 6 unspecified atom stereocenters. The van der Waals surface area contributed by atoms with Gasteiger partial charge in [-0.1, -0.05) is 13.8 Å². The van der Waals surface area contributed by atoms with Crippen LogP contribution in [-0.4, -0.2) is 65.6 Å². The molecule has 2 bridgehead atoms. The summed E-state index contributed by atoms with van der Waals surface area (Å²) < 4.78 is 66.7. The first kappa shape index (κ1) is 22.5. The number of carbonyl (C=O) groups excluding carboxylic acids is 4. The van der Waals surface area contributed by atoms with E-state index < -0.39 is 87.5 Å². The number of hydrogen-bond donors (Lipinski definition) is 1. The Balaban J connectivity index is 1.87. The molecule has 0 aromatic carbocycles. The van der Waals surface area contributed by atoms with Crippen molar-refractivity contribution in [2.75, 3.05) is 6.61 Å². The molecule has 1 N–H and O–H groups in total. The Hall–Kier alpha value is -2.15. The zero-order chi connectivity index (χ0) is 22.8. The number of ether oxygens (including phenoxy) is 2. The normalized spacial score (nSPS) is 32.6. The van der Waals surface area contributed by atoms with Crippen LogP contribution < -0.4 is 0 Å². The molecule has 0 aromatic heterocycles. The number of alkyl halides is 2. The summed E-state index contributed by atoms with van der Waals surface area (Å²) in [6.45, 7) is 2.36. The van der Waals surface area contributed by atoms with Crippen molar-refractivity contribution in [3.8, 4) is 0 Å². The molecule has 0 radical (unpaired) electrons. The first-order valence-corrected chi connectivity index (χ1v) is 10.7. The molecule has 2 saturated carbocycles. The third-order valence-electron chi connectivity index (χ3n) is 5.97. The van der Waals surface area contributed by atoms with Crippen LogP contribution in [0.4, 0.5) is 8.78 Å². The van der Waals surface area contributed by atoms with Gasteiger partial charge in [0.25, 0.3) is 0 Å². The lowest BCUT2D eigenvalue weighted by molar-refractivity contribution is -0.168. The minimum atomic E-state index is -5.81. The van der Waals surface area contributed by atoms with E-state index in [0.29, 0.717) is 0 Å². The second-order valence-electron chi connectivity index (χ2n) is 8.11. The van der Waals surface area contributed by atoms with E-state index in [-0.39, 0.29) is 6.42 Å². The molecule has 30 heavy (non-hydrogen) atoms. The van der Waals surface area contributed by atoms with Crippen LogP contribution in [0.15, 0.2) is 0 Å². The third kappa shape index (κ3) is 3.37. The Kier molecular flexibility index (Phi) is 5.42. The lowest BCUT2D eigenvalue weighted by Crippen LogP contribution is -2.48. The van der Waals surface area contributed by atoms with Crippen LogP contribution in [-0.2, 0) is 38.8 Å². The second kappa shape index (κ2) is 7.22. The van der Waals surface area contributed by atoms with Crippen LogP contribution in [0.5, 0.6) is 0 Å². The number of esters is 2. The van der Waals surface area contributed by atoms with Crippen molar-refractivity contribution >= 4 is 33.9 Å². The maximum Gasteiger partial charge on any atom is 0.402 e. The van der Waals surface area contributed by atoms with Gasteiger partial charge in [-0.2, -0.15) is 17.2 Å².